The van der Waals surface area contributed by atoms with Gasteiger partial charge in [0.2, 0.25) is 11.8 Å². The van der Waals surface area contributed by atoms with E-state index in [1.807, 2.05) is 35.2 Å². The highest BCUT2D eigenvalue weighted by atomic mass is 16.5. The number of ether oxygens (including phenoxy) is 1. The Labute approximate surface area is 212 Å². The molecule has 186 valence electrons. The third-order valence-electron chi connectivity index (χ3n) is 7.02. The second kappa shape index (κ2) is 10.9. The maximum atomic E-state index is 12.8. The van der Waals surface area contributed by atoms with E-state index >= 15 is 0 Å². The molecule has 0 aliphatic carbocycles. The normalized spacial score (nSPS) is 20.3. The average molecular weight is 485 g/mol. The van der Waals surface area contributed by atoms with Crippen LogP contribution in [-0.4, -0.2) is 46.8 Å². The molecule has 3 aliphatic heterocycles. The highest BCUT2D eigenvalue weighted by Gasteiger charge is 2.26. The Balaban J connectivity index is 1.15. The number of pyridine rings is 1. The first-order chi connectivity index (χ1) is 17.6. The highest BCUT2D eigenvalue weighted by Crippen LogP contribution is 2.28. The number of hydrogen-bond acceptors (Lipinski definition) is 5. The van der Waals surface area contributed by atoms with Crippen molar-refractivity contribution in [3.8, 4) is 0 Å². The van der Waals surface area contributed by atoms with Gasteiger partial charge in [-0.3, -0.25) is 9.59 Å². The van der Waals surface area contributed by atoms with Crippen molar-refractivity contribution in [2.45, 2.75) is 51.6 Å². The van der Waals surface area contributed by atoms with Crippen LogP contribution in [0.5, 0.6) is 0 Å². The topological polar surface area (TPSA) is 83.9 Å². The minimum atomic E-state index is -0.00252. The number of anilines is 1. The number of aryl methyl sites for hydroxylation is 1. The van der Waals surface area contributed by atoms with E-state index < -0.39 is 0 Å². The van der Waals surface area contributed by atoms with Gasteiger partial charge in [-0.25, -0.2) is 9.98 Å². The Hall–Kier alpha value is -3.74. The van der Waals surface area contributed by atoms with Crippen LogP contribution in [0.3, 0.4) is 0 Å². The third-order valence-corrected chi connectivity index (χ3v) is 7.02. The van der Waals surface area contributed by atoms with Gasteiger partial charge in [-0.05, 0) is 60.9 Å². The fraction of sp³-hybridized carbons (Fsp3) is 0.379. The molecule has 1 aromatic heterocycles. The number of carbonyl (C=O) groups excluding carboxylic acids is 2. The molecule has 0 radical (unpaired) electrons. The van der Waals surface area contributed by atoms with Crippen molar-refractivity contribution < 1.29 is 14.3 Å². The van der Waals surface area contributed by atoms with Crippen LogP contribution in [0.25, 0.3) is 11.8 Å². The van der Waals surface area contributed by atoms with Crippen molar-refractivity contribution in [2.75, 3.05) is 18.4 Å². The van der Waals surface area contributed by atoms with Crippen LogP contribution in [0.4, 0.5) is 5.82 Å². The van der Waals surface area contributed by atoms with Crippen molar-refractivity contribution in [1.29, 1.82) is 0 Å². The zero-order valence-corrected chi connectivity index (χ0v) is 20.7. The lowest BCUT2D eigenvalue weighted by Crippen LogP contribution is -2.38. The molecule has 7 heteroatoms. The third kappa shape index (κ3) is 5.73. The number of hydrogen-bond donors (Lipinski definition) is 1. The van der Waals surface area contributed by atoms with Crippen LogP contribution in [0.2, 0.25) is 0 Å². The van der Waals surface area contributed by atoms with Crippen LogP contribution < -0.4 is 5.32 Å². The van der Waals surface area contributed by atoms with E-state index in [1.165, 1.54) is 0 Å². The summed E-state index contributed by atoms with van der Waals surface area (Å²) < 4.78 is 6.15. The van der Waals surface area contributed by atoms with Gasteiger partial charge in [0, 0.05) is 43.8 Å². The molecule has 5 rings (SSSR count). The SMILES string of the molecule is CCC1C=C(c2ccccc2)N=C(CC2CCN(C(=O)C=Cc3cnc4c(c3)CCC(=O)N4)CC2)O1. The van der Waals surface area contributed by atoms with Crippen LogP contribution >= 0.6 is 0 Å². The molecule has 7 nitrogen and oxygen atoms in total. The lowest BCUT2D eigenvalue weighted by atomic mass is 9.93. The maximum Gasteiger partial charge on any atom is 0.246 e. The number of nitrogens with zero attached hydrogens (tertiary/aromatic N) is 3. The summed E-state index contributed by atoms with van der Waals surface area (Å²) in [5.74, 6) is 1.90. The van der Waals surface area contributed by atoms with Crippen molar-refractivity contribution in [3.05, 3.63) is 71.4 Å². The van der Waals surface area contributed by atoms with Gasteiger partial charge in [0.15, 0.2) is 5.90 Å². The first kappa shape index (κ1) is 24.0. The fourth-order valence-corrected chi connectivity index (χ4v) is 4.89. The summed E-state index contributed by atoms with van der Waals surface area (Å²) >= 11 is 0. The Morgan fingerprint density at radius 2 is 2.00 bits per heavy atom. The standard InChI is InChI=1S/C29H32N4O3/c1-2-24-18-25(22-6-4-3-5-7-22)31-27(36-24)17-20-12-14-33(15-13-20)28(35)11-8-21-16-23-9-10-26(34)32-29(23)30-19-21/h3-8,11,16,18-20,24H,2,9-10,12-15,17H2,1H3,(H,30,32,34). The molecule has 3 aliphatic rings. The largest absolute Gasteiger partial charge is 0.473 e. The van der Waals surface area contributed by atoms with Gasteiger partial charge in [0.05, 0.1) is 5.70 Å². The minimum Gasteiger partial charge on any atom is -0.473 e. The predicted octanol–water partition coefficient (Wildman–Crippen LogP) is 4.86. The van der Waals surface area contributed by atoms with Crippen molar-refractivity contribution in [3.63, 3.8) is 0 Å². The number of aliphatic imine (C=N–C) groups is 1. The number of aromatic nitrogens is 1. The molecule has 1 saturated heterocycles. The zero-order chi connectivity index (χ0) is 24.9. The van der Waals surface area contributed by atoms with Crippen molar-refractivity contribution in [2.24, 2.45) is 10.9 Å². The Bertz CT molecular complexity index is 1210. The van der Waals surface area contributed by atoms with E-state index in [9.17, 15) is 9.59 Å². The fourth-order valence-electron chi connectivity index (χ4n) is 4.89. The molecule has 36 heavy (non-hydrogen) atoms. The minimum absolute atomic E-state index is 0.00252. The van der Waals surface area contributed by atoms with E-state index in [1.54, 1.807) is 12.3 Å². The second-order valence-electron chi connectivity index (χ2n) is 9.62. The number of likely N-dealkylation sites (tertiary alicyclic amines) is 1. The van der Waals surface area contributed by atoms with Gasteiger partial charge in [-0.15, -0.1) is 0 Å². The number of fused-ring (bicyclic) bond motifs is 1. The molecular weight excluding hydrogens is 452 g/mol. The summed E-state index contributed by atoms with van der Waals surface area (Å²) in [6.07, 6.45) is 12.0. The highest BCUT2D eigenvalue weighted by molar-refractivity contribution is 5.94. The molecule has 1 N–H and O–H groups in total. The lowest BCUT2D eigenvalue weighted by molar-refractivity contribution is -0.127. The summed E-state index contributed by atoms with van der Waals surface area (Å²) in [5.41, 5.74) is 3.98. The van der Waals surface area contributed by atoms with Gasteiger partial charge in [-0.1, -0.05) is 37.3 Å². The van der Waals surface area contributed by atoms with Gasteiger partial charge in [0.25, 0.3) is 0 Å². The number of rotatable bonds is 6. The zero-order valence-electron chi connectivity index (χ0n) is 20.7. The van der Waals surface area contributed by atoms with E-state index in [-0.39, 0.29) is 17.9 Å². The molecule has 1 unspecified atom stereocenters. The molecule has 2 aromatic rings. The predicted molar refractivity (Wildman–Crippen MR) is 141 cm³/mol. The monoisotopic (exact) mass is 484 g/mol. The van der Waals surface area contributed by atoms with E-state index in [4.69, 9.17) is 9.73 Å². The van der Waals surface area contributed by atoms with Crippen LogP contribution in [-0.2, 0) is 20.7 Å². The van der Waals surface area contributed by atoms with Crippen LogP contribution in [0.15, 0.2) is 59.7 Å². The van der Waals surface area contributed by atoms with E-state index in [0.29, 0.717) is 24.6 Å². The van der Waals surface area contributed by atoms with Gasteiger partial charge < -0.3 is 15.0 Å². The molecule has 1 atom stereocenters. The first-order valence-electron chi connectivity index (χ1n) is 12.8. The number of piperidine rings is 1. The number of carbonyl (C=O) groups is 2. The number of amides is 2. The van der Waals surface area contributed by atoms with Crippen LogP contribution in [0.1, 0.15) is 55.7 Å². The maximum absolute atomic E-state index is 12.8. The molecule has 0 saturated carbocycles. The number of nitrogens with one attached hydrogen (secondary N) is 1. The molecule has 2 amide bonds. The Morgan fingerprint density at radius 3 is 2.78 bits per heavy atom. The van der Waals surface area contributed by atoms with Crippen LogP contribution in [0, 0.1) is 5.92 Å². The quantitative estimate of drug-likeness (QED) is 0.594. The summed E-state index contributed by atoms with van der Waals surface area (Å²) in [7, 11) is 0. The smallest absolute Gasteiger partial charge is 0.246 e. The Morgan fingerprint density at radius 1 is 1.19 bits per heavy atom. The summed E-state index contributed by atoms with van der Waals surface area (Å²) in [4.78, 5) is 35.4. The number of benzene rings is 1. The molecule has 0 spiro atoms. The van der Waals surface area contributed by atoms with Gasteiger partial charge in [-0.2, -0.15) is 0 Å². The molecule has 1 aromatic carbocycles. The summed E-state index contributed by atoms with van der Waals surface area (Å²) in [5, 5.41) is 2.78. The molecule has 0 bridgehead atoms. The second-order valence-corrected chi connectivity index (χ2v) is 9.62. The molecule has 4 heterocycles. The Kier molecular flexibility index (Phi) is 7.26. The van der Waals surface area contributed by atoms with Crippen molar-refractivity contribution >= 4 is 35.3 Å². The first-order valence-corrected chi connectivity index (χ1v) is 12.8. The van der Waals surface area contributed by atoms with Crippen molar-refractivity contribution in [1.82, 2.24) is 9.88 Å². The lowest BCUT2D eigenvalue weighted by Gasteiger charge is -2.32. The summed E-state index contributed by atoms with van der Waals surface area (Å²) in [6.45, 7) is 3.59. The molecule has 1 fully saturated rings. The van der Waals surface area contributed by atoms with Gasteiger partial charge in [0.1, 0.15) is 11.9 Å². The van der Waals surface area contributed by atoms with E-state index in [2.05, 4.69) is 35.4 Å². The van der Waals surface area contributed by atoms with E-state index in [0.717, 1.165) is 67.1 Å². The average Bonchev–Trinajstić information content (AvgIpc) is 2.92. The summed E-state index contributed by atoms with van der Waals surface area (Å²) in [6, 6.07) is 12.2. The molecular formula is C29H32N4O3. The van der Waals surface area contributed by atoms with Gasteiger partial charge >= 0.3 is 0 Å².